The zero-order chi connectivity index (χ0) is 15.7. The van der Waals surface area contributed by atoms with Crippen LogP contribution in [0.25, 0.3) is 11.0 Å². The molecule has 0 radical (unpaired) electrons. The molecule has 2 aromatic rings. The molecule has 0 unspecified atom stereocenters. The number of sulfonamides is 1. The maximum absolute atomic E-state index is 12.4. The third-order valence-corrected chi connectivity index (χ3v) is 5.16. The van der Waals surface area contributed by atoms with Crippen LogP contribution in [0.1, 0.15) is 12.1 Å². The number of aryl methyl sites for hydroxylation is 2. The van der Waals surface area contributed by atoms with E-state index in [-0.39, 0.29) is 17.3 Å². The Hall–Kier alpha value is -1.48. The lowest BCUT2D eigenvalue weighted by molar-refractivity contribution is 0.582. The zero-order valence-corrected chi connectivity index (χ0v) is 14.7. The Kier molecular flexibility index (Phi) is 5.41. The molecule has 0 saturated carbocycles. The van der Waals surface area contributed by atoms with Crippen molar-refractivity contribution in [2.24, 2.45) is 7.05 Å². The van der Waals surface area contributed by atoms with E-state index in [0.29, 0.717) is 12.2 Å². The van der Waals surface area contributed by atoms with E-state index in [1.165, 1.54) is 6.20 Å². The second-order valence-electron chi connectivity index (χ2n) is 5.39. The molecule has 2 aromatic heterocycles. The van der Waals surface area contributed by atoms with E-state index in [0.717, 1.165) is 36.2 Å². The molecule has 0 saturated heterocycles. The van der Waals surface area contributed by atoms with Crippen LogP contribution in [-0.4, -0.2) is 42.8 Å². The van der Waals surface area contributed by atoms with Gasteiger partial charge in [0.25, 0.3) is 0 Å². The van der Waals surface area contributed by atoms with E-state index in [1.54, 1.807) is 17.8 Å². The smallest absolute Gasteiger partial charge is 0.242 e. The van der Waals surface area contributed by atoms with E-state index >= 15 is 0 Å². The summed E-state index contributed by atoms with van der Waals surface area (Å²) in [6.45, 7) is 3.86. The highest BCUT2D eigenvalue weighted by molar-refractivity contribution is 7.89. The first-order valence-electron chi connectivity index (χ1n) is 7.15. The minimum absolute atomic E-state index is 0. The van der Waals surface area contributed by atoms with Crippen LogP contribution in [0.15, 0.2) is 28.8 Å². The fraction of sp³-hybridized carbons (Fsp3) is 0.429. The number of nitrogens with zero attached hydrogens (tertiary/aromatic N) is 3. The molecule has 1 aliphatic heterocycles. The summed E-state index contributed by atoms with van der Waals surface area (Å²) in [6, 6.07) is 1.63. The molecule has 3 heterocycles. The van der Waals surface area contributed by atoms with Crippen LogP contribution in [0.4, 0.5) is 0 Å². The van der Waals surface area contributed by atoms with Crippen molar-refractivity contribution in [1.82, 2.24) is 24.8 Å². The van der Waals surface area contributed by atoms with Gasteiger partial charge in [-0.3, -0.25) is 4.68 Å². The highest BCUT2D eigenvalue weighted by atomic mass is 35.5. The van der Waals surface area contributed by atoms with Gasteiger partial charge in [0.2, 0.25) is 10.0 Å². The average molecular weight is 358 g/mol. The molecule has 2 N–H and O–H groups in total. The van der Waals surface area contributed by atoms with Gasteiger partial charge in [-0.1, -0.05) is 11.6 Å². The van der Waals surface area contributed by atoms with Crippen molar-refractivity contribution in [2.75, 3.05) is 19.6 Å². The molecule has 9 heteroatoms. The lowest BCUT2D eigenvalue weighted by atomic mass is 10.1. The van der Waals surface area contributed by atoms with Gasteiger partial charge in [0.1, 0.15) is 4.90 Å². The summed E-state index contributed by atoms with van der Waals surface area (Å²) in [7, 11) is -1.78. The number of rotatable bonds is 4. The summed E-state index contributed by atoms with van der Waals surface area (Å²) in [6.07, 6.45) is 4.27. The Balaban J connectivity index is 0.00000192. The van der Waals surface area contributed by atoms with Gasteiger partial charge >= 0.3 is 0 Å². The summed E-state index contributed by atoms with van der Waals surface area (Å²) < 4.78 is 29.1. The summed E-state index contributed by atoms with van der Waals surface area (Å²) in [5.41, 5.74) is 2.55. The Bertz CT molecular complexity index is 844. The summed E-state index contributed by atoms with van der Waals surface area (Å²) >= 11 is 0. The van der Waals surface area contributed by atoms with Crippen LogP contribution < -0.4 is 10.0 Å². The second kappa shape index (κ2) is 6.96. The third-order valence-electron chi connectivity index (χ3n) is 3.80. The van der Waals surface area contributed by atoms with E-state index in [2.05, 4.69) is 20.1 Å². The highest BCUT2D eigenvalue weighted by Crippen LogP contribution is 2.19. The molecule has 0 atom stereocenters. The molecule has 0 fully saturated rings. The maximum atomic E-state index is 12.4. The van der Waals surface area contributed by atoms with E-state index in [4.69, 9.17) is 0 Å². The van der Waals surface area contributed by atoms with Gasteiger partial charge in [0.15, 0.2) is 5.65 Å². The number of halogens is 1. The SMILES string of the molecule is Cc1nn(C)c2ncc(S(=O)(=O)NCC3=CCNCC3)cc12.Cl. The Labute approximate surface area is 141 Å². The van der Waals surface area contributed by atoms with Crippen molar-refractivity contribution >= 4 is 33.5 Å². The van der Waals surface area contributed by atoms with Crippen LogP contribution in [0.5, 0.6) is 0 Å². The monoisotopic (exact) mass is 357 g/mol. The average Bonchev–Trinajstić information content (AvgIpc) is 2.81. The van der Waals surface area contributed by atoms with Crippen LogP contribution in [0, 0.1) is 6.92 Å². The Morgan fingerprint density at radius 1 is 1.43 bits per heavy atom. The molecular formula is C14H20ClN5O2S. The van der Waals surface area contributed by atoms with Crippen molar-refractivity contribution in [3.05, 3.63) is 29.6 Å². The standard InChI is InChI=1S/C14H19N5O2S.ClH/c1-10-13-7-12(9-16-14(13)19(2)18-10)22(20,21)17-8-11-3-5-15-6-4-11;/h3,7,9,15,17H,4-6,8H2,1-2H3;1H. The van der Waals surface area contributed by atoms with Gasteiger partial charge in [-0.15, -0.1) is 12.4 Å². The van der Waals surface area contributed by atoms with Crippen molar-refractivity contribution in [3.63, 3.8) is 0 Å². The zero-order valence-electron chi connectivity index (χ0n) is 13.0. The van der Waals surface area contributed by atoms with Gasteiger partial charge in [0.05, 0.1) is 5.69 Å². The van der Waals surface area contributed by atoms with Gasteiger partial charge < -0.3 is 5.32 Å². The molecule has 7 nitrogen and oxygen atoms in total. The van der Waals surface area contributed by atoms with Crippen LogP contribution in [0.2, 0.25) is 0 Å². The second-order valence-corrected chi connectivity index (χ2v) is 7.16. The van der Waals surface area contributed by atoms with Crippen LogP contribution in [0.3, 0.4) is 0 Å². The third kappa shape index (κ3) is 3.72. The first-order chi connectivity index (χ1) is 10.5. The molecule has 0 aromatic carbocycles. The number of hydrogen-bond acceptors (Lipinski definition) is 5. The molecule has 23 heavy (non-hydrogen) atoms. The number of hydrogen-bond donors (Lipinski definition) is 2. The van der Waals surface area contributed by atoms with Crippen molar-refractivity contribution in [1.29, 1.82) is 0 Å². The lowest BCUT2D eigenvalue weighted by Crippen LogP contribution is -2.29. The highest BCUT2D eigenvalue weighted by Gasteiger charge is 2.18. The fourth-order valence-electron chi connectivity index (χ4n) is 2.54. The van der Waals surface area contributed by atoms with E-state index in [1.807, 2.05) is 13.0 Å². The predicted octanol–water partition coefficient (Wildman–Crippen LogP) is 0.897. The van der Waals surface area contributed by atoms with Gasteiger partial charge in [-0.05, 0) is 26.0 Å². The minimum atomic E-state index is -3.57. The largest absolute Gasteiger partial charge is 0.313 e. The lowest BCUT2D eigenvalue weighted by Gasteiger charge is -2.14. The van der Waals surface area contributed by atoms with Gasteiger partial charge in [0, 0.05) is 31.7 Å². The Morgan fingerprint density at radius 3 is 2.91 bits per heavy atom. The normalized spacial score (nSPS) is 15.3. The van der Waals surface area contributed by atoms with Crippen molar-refractivity contribution in [3.8, 4) is 0 Å². The quantitative estimate of drug-likeness (QED) is 0.793. The number of pyridine rings is 1. The molecule has 1 aliphatic rings. The number of aromatic nitrogens is 3. The maximum Gasteiger partial charge on any atom is 0.242 e. The Morgan fingerprint density at radius 2 is 2.22 bits per heavy atom. The molecular weight excluding hydrogens is 338 g/mol. The first-order valence-corrected chi connectivity index (χ1v) is 8.63. The molecule has 126 valence electrons. The number of fused-ring (bicyclic) bond motifs is 1. The van der Waals surface area contributed by atoms with E-state index < -0.39 is 10.0 Å². The van der Waals surface area contributed by atoms with Crippen molar-refractivity contribution in [2.45, 2.75) is 18.2 Å². The van der Waals surface area contributed by atoms with Crippen LogP contribution in [-0.2, 0) is 17.1 Å². The van der Waals surface area contributed by atoms with E-state index in [9.17, 15) is 8.42 Å². The fourth-order valence-corrected chi connectivity index (χ4v) is 3.54. The first kappa shape index (κ1) is 17.9. The molecule has 3 rings (SSSR count). The summed E-state index contributed by atoms with van der Waals surface area (Å²) in [5, 5.41) is 8.21. The predicted molar refractivity (Wildman–Crippen MR) is 91.3 cm³/mol. The topological polar surface area (TPSA) is 88.9 Å². The molecule has 0 spiro atoms. The number of nitrogens with one attached hydrogen (secondary N) is 2. The van der Waals surface area contributed by atoms with Gasteiger partial charge in [-0.2, -0.15) is 5.10 Å². The van der Waals surface area contributed by atoms with Crippen molar-refractivity contribution < 1.29 is 8.42 Å². The molecule has 0 aliphatic carbocycles. The summed E-state index contributed by atoms with van der Waals surface area (Å²) in [4.78, 5) is 4.39. The van der Waals surface area contributed by atoms with Crippen LogP contribution >= 0.6 is 12.4 Å². The summed E-state index contributed by atoms with van der Waals surface area (Å²) in [5.74, 6) is 0. The van der Waals surface area contributed by atoms with Gasteiger partial charge in [-0.25, -0.2) is 18.1 Å². The molecule has 0 amide bonds. The molecule has 0 bridgehead atoms. The minimum Gasteiger partial charge on any atom is -0.313 e.